The third-order valence-corrected chi connectivity index (χ3v) is 6.01. The van der Waals surface area contributed by atoms with Crippen LogP contribution >= 0.6 is 15.9 Å². The first-order valence-electron chi connectivity index (χ1n) is 12.3. The van der Waals surface area contributed by atoms with Crippen LogP contribution in [0.1, 0.15) is 110 Å². The van der Waals surface area contributed by atoms with Gasteiger partial charge in [-0.15, -0.1) is 0 Å². The molecule has 4 nitrogen and oxygen atoms in total. The minimum absolute atomic E-state index is 0.0809. The number of unbranched alkanes of at least 4 members (excludes halogenated alkanes) is 12. The van der Waals surface area contributed by atoms with E-state index in [0.29, 0.717) is 29.7 Å². The minimum atomic E-state index is -0.381. The van der Waals surface area contributed by atoms with Gasteiger partial charge in [-0.1, -0.05) is 77.6 Å². The molecule has 0 atom stereocenters. The van der Waals surface area contributed by atoms with E-state index in [4.69, 9.17) is 9.47 Å². The minimum Gasteiger partial charge on any atom is -0.466 e. The molecular weight excluding hydrogens is 475 g/mol. The van der Waals surface area contributed by atoms with Crippen molar-refractivity contribution in [1.29, 1.82) is 0 Å². The average Bonchev–Trinajstić information content (AvgIpc) is 2.76. The maximum atomic E-state index is 13.0. The molecule has 0 aliphatic rings. The average molecular weight is 516 g/mol. The number of hydrogen-bond donors (Lipinski definition) is 0. The Morgan fingerprint density at radius 3 is 1.91 bits per heavy atom. The highest BCUT2D eigenvalue weighted by atomic mass is 79.9. The predicted octanol–water partition coefficient (Wildman–Crippen LogP) is 8.30. The van der Waals surface area contributed by atoms with Gasteiger partial charge < -0.3 is 9.47 Å². The molecule has 0 aliphatic carbocycles. The first-order chi connectivity index (χ1) is 15.5. The standard InChI is InChI=1S/C26H40BrFO4/c1-2-3-4-5-6-9-12-15-20-31-25(29)16-13-10-7-8-11-14-17-26(30)32-24-19-18-22(28)21-23(24)27/h18-19,21H,2-17,20H2,1H3. The van der Waals surface area contributed by atoms with Crippen LogP contribution in [0.25, 0.3) is 0 Å². The van der Waals surface area contributed by atoms with Crippen molar-refractivity contribution in [1.82, 2.24) is 0 Å². The first kappa shape index (κ1) is 28.6. The zero-order chi connectivity index (χ0) is 23.4. The fourth-order valence-electron chi connectivity index (χ4n) is 3.47. The molecule has 0 aliphatic heterocycles. The Labute approximate surface area is 201 Å². The molecule has 0 saturated heterocycles. The van der Waals surface area contributed by atoms with Gasteiger partial charge in [0.1, 0.15) is 11.6 Å². The third kappa shape index (κ3) is 15.4. The van der Waals surface area contributed by atoms with Crippen molar-refractivity contribution in [3.05, 3.63) is 28.5 Å². The van der Waals surface area contributed by atoms with E-state index in [0.717, 1.165) is 51.4 Å². The molecule has 0 spiro atoms. The molecule has 32 heavy (non-hydrogen) atoms. The molecule has 6 heteroatoms. The van der Waals surface area contributed by atoms with Gasteiger partial charge in [0.2, 0.25) is 0 Å². The summed E-state index contributed by atoms with van der Waals surface area (Å²) in [6, 6.07) is 3.98. The quantitative estimate of drug-likeness (QED) is 0.106. The zero-order valence-corrected chi connectivity index (χ0v) is 21.2. The molecule has 0 saturated carbocycles. The largest absolute Gasteiger partial charge is 0.466 e. The van der Waals surface area contributed by atoms with Crippen molar-refractivity contribution in [3.8, 4) is 5.75 Å². The van der Waals surface area contributed by atoms with Crippen LogP contribution in [0, 0.1) is 5.82 Å². The van der Waals surface area contributed by atoms with Crippen LogP contribution in [-0.2, 0) is 14.3 Å². The highest BCUT2D eigenvalue weighted by Crippen LogP contribution is 2.26. The second-order valence-corrected chi connectivity index (χ2v) is 9.22. The van der Waals surface area contributed by atoms with Crippen LogP contribution in [0.15, 0.2) is 22.7 Å². The molecule has 0 amide bonds. The summed E-state index contributed by atoms with van der Waals surface area (Å²) in [7, 11) is 0. The van der Waals surface area contributed by atoms with Gasteiger partial charge in [-0.3, -0.25) is 9.59 Å². The normalized spacial score (nSPS) is 10.8. The second kappa shape index (κ2) is 19.1. The van der Waals surface area contributed by atoms with Crippen LogP contribution in [0.3, 0.4) is 0 Å². The van der Waals surface area contributed by atoms with Crippen molar-refractivity contribution in [3.63, 3.8) is 0 Å². The molecule has 0 bridgehead atoms. The van der Waals surface area contributed by atoms with Gasteiger partial charge in [-0.05, 0) is 53.4 Å². The Morgan fingerprint density at radius 1 is 0.781 bits per heavy atom. The molecule has 0 unspecified atom stereocenters. The SMILES string of the molecule is CCCCCCCCCCOC(=O)CCCCCCCCC(=O)Oc1ccc(F)cc1Br. The molecular formula is C26H40BrFO4. The zero-order valence-electron chi connectivity index (χ0n) is 19.6. The number of carbonyl (C=O) groups is 2. The topological polar surface area (TPSA) is 52.6 Å². The number of benzene rings is 1. The molecule has 1 rings (SSSR count). The number of carbonyl (C=O) groups excluding carboxylic acids is 2. The predicted molar refractivity (Wildman–Crippen MR) is 130 cm³/mol. The van der Waals surface area contributed by atoms with Crippen LogP contribution in [-0.4, -0.2) is 18.5 Å². The Hall–Kier alpha value is -1.43. The lowest BCUT2D eigenvalue weighted by Gasteiger charge is -2.07. The first-order valence-corrected chi connectivity index (χ1v) is 13.1. The van der Waals surface area contributed by atoms with Gasteiger partial charge in [-0.25, -0.2) is 4.39 Å². The monoisotopic (exact) mass is 514 g/mol. The van der Waals surface area contributed by atoms with Crippen LogP contribution in [0.4, 0.5) is 4.39 Å². The van der Waals surface area contributed by atoms with Crippen LogP contribution < -0.4 is 4.74 Å². The van der Waals surface area contributed by atoms with Gasteiger partial charge >= 0.3 is 11.9 Å². The van der Waals surface area contributed by atoms with Crippen molar-refractivity contribution in [2.24, 2.45) is 0 Å². The van der Waals surface area contributed by atoms with Crippen molar-refractivity contribution < 1.29 is 23.5 Å². The molecule has 182 valence electrons. The summed E-state index contributed by atoms with van der Waals surface area (Å²) in [6.07, 6.45) is 16.4. The highest BCUT2D eigenvalue weighted by molar-refractivity contribution is 9.10. The molecule has 1 aromatic rings. The third-order valence-electron chi connectivity index (χ3n) is 5.39. The fourth-order valence-corrected chi connectivity index (χ4v) is 3.90. The smallest absolute Gasteiger partial charge is 0.311 e. The van der Waals surface area contributed by atoms with Crippen molar-refractivity contribution in [2.45, 2.75) is 110 Å². The lowest BCUT2D eigenvalue weighted by atomic mass is 10.1. The number of rotatable bonds is 19. The molecule has 1 aromatic carbocycles. The van der Waals surface area contributed by atoms with E-state index in [1.54, 1.807) is 0 Å². The summed E-state index contributed by atoms with van der Waals surface area (Å²) in [4.78, 5) is 23.6. The van der Waals surface area contributed by atoms with E-state index in [1.165, 1.54) is 56.7 Å². The van der Waals surface area contributed by atoms with Gasteiger partial charge in [0, 0.05) is 12.8 Å². The highest BCUT2D eigenvalue weighted by Gasteiger charge is 2.09. The lowest BCUT2D eigenvalue weighted by Crippen LogP contribution is -2.08. The van der Waals surface area contributed by atoms with Crippen molar-refractivity contribution in [2.75, 3.05) is 6.61 Å². The van der Waals surface area contributed by atoms with Crippen LogP contribution in [0.2, 0.25) is 0 Å². The Balaban J connectivity index is 1.88. The van der Waals surface area contributed by atoms with Crippen LogP contribution in [0.5, 0.6) is 5.75 Å². The lowest BCUT2D eigenvalue weighted by molar-refractivity contribution is -0.144. The van der Waals surface area contributed by atoms with Gasteiger partial charge in [0.15, 0.2) is 0 Å². The summed E-state index contributed by atoms with van der Waals surface area (Å²) in [5, 5.41) is 0. The molecule has 0 radical (unpaired) electrons. The van der Waals surface area contributed by atoms with Gasteiger partial charge in [-0.2, -0.15) is 0 Å². The fraction of sp³-hybridized carbons (Fsp3) is 0.692. The van der Waals surface area contributed by atoms with E-state index < -0.39 is 0 Å². The summed E-state index contributed by atoms with van der Waals surface area (Å²) in [6.45, 7) is 2.78. The number of ether oxygens (including phenoxy) is 2. The molecule has 0 heterocycles. The maximum Gasteiger partial charge on any atom is 0.311 e. The summed E-state index contributed by atoms with van der Waals surface area (Å²) >= 11 is 3.19. The van der Waals surface area contributed by atoms with E-state index in [2.05, 4.69) is 22.9 Å². The molecule has 0 fully saturated rings. The molecule has 0 N–H and O–H groups in total. The number of halogens is 2. The van der Waals surface area contributed by atoms with E-state index >= 15 is 0 Å². The van der Waals surface area contributed by atoms with E-state index in [-0.39, 0.29) is 17.8 Å². The van der Waals surface area contributed by atoms with Gasteiger partial charge in [0.25, 0.3) is 0 Å². The van der Waals surface area contributed by atoms with E-state index in [9.17, 15) is 14.0 Å². The molecule has 0 aromatic heterocycles. The Bertz CT molecular complexity index is 651. The summed E-state index contributed by atoms with van der Waals surface area (Å²) in [5.41, 5.74) is 0. The maximum absolute atomic E-state index is 13.0. The van der Waals surface area contributed by atoms with Crippen molar-refractivity contribution >= 4 is 27.9 Å². The van der Waals surface area contributed by atoms with E-state index in [1.807, 2.05) is 0 Å². The Morgan fingerprint density at radius 2 is 1.31 bits per heavy atom. The van der Waals surface area contributed by atoms with Gasteiger partial charge in [0.05, 0.1) is 11.1 Å². The summed E-state index contributed by atoms with van der Waals surface area (Å²) in [5.74, 6) is -0.432. The number of hydrogen-bond acceptors (Lipinski definition) is 4. The summed E-state index contributed by atoms with van der Waals surface area (Å²) < 4.78 is 24.0. The number of esters is 2. The second-order valence-electron chi connectivity index (χ2n) is 8.37. The Kier molecular flexibility index (Phi) is 17.1.